The Balaban J connectivity index is 1.44. The van der Waals surface area contributed by atoms with E-state index in [-0.39, 0.29) is 17.7 Å². The van der Waals surface area contributed by atoms with Crippen LogP contribution in [0.3, 0.4) is 0 Å². The molecule has 2 amide bonds. The zero-order valence-corrected chi connectivity index (χ0v) is 15.9. The molecular weight excluding hydrogens is 408 g/mol. The molecule has 0 radical (unpaired) electrons. The molecule has 1 aliphatic rings. The third-order valence-corrected chi connectivity index (χ3v) is 4.83. The lowest BCUT2D eigenvalue weighted by Crippen LogP contribution is -2.15. The van der Waals surface area contributed by atoms with Gasteiger partial charge in [-0.1, -0.05) is 34.1 Å². The number of H-pyrrole nitrogens is 1. The lowest BCUT2D eigenvalue weighted by molar-refractivity contribution is -0.117. The maximum absolute atomic E-state index is 12.5. The van der Waals surface area contributed by atoms with Crippen molar-refractivity contribution in [3.05, 3.63) is 64.8 Å². The Bertz CT molecular complexity index is 993. The van der Waals surface area contributed by atoms with E-state index in [4.69, 9.17) is 0 Å². The van der Waals surface area contributed by atoms with Gasteiger partial charge in [-0.05, 0) is 49.2 Å². The second-order valence-electron chi connectivity index (χ2n) is 6.47. The molecule has 1 saturated carbocycles. The van der Waals surface area contributed by atoms with Crippen LogP contribution in [0.25, 0.3) is 11.3 Å². The lowest BCUT2D eigenvalue weighted by Gasteiger charge is -2.08. The number of amides is 2. The summed E-state index contributed by atoms with van der Waals surface area (Å²) in [5.74, 6) is -0.131. The fraction of sp³-hybridized carbons (Fsp3) is 0.150. The van der Waals surface area contributed by atoms with Crippen LogP contribution in [0, 0.1) is 5.92 Å². The van der Waals surface area contributed by atoms with Gasteiger partial charge in [0.2, 0.25) is 5.91 Å². The number of hydrogen-bond donors (Lipinski definition) is 3. The normalized spacial score (nSPS) is 13.2. The van der Waals surface area contributed by atoms with E-state index in [1.807, 2.05) is 24.3 Å². The summed E-state index contributed by atoms with van der Waals surface area (Å²) in [6.07, 6.45) is 1.89. The number of nitrogens with zero attached hydrogens (tertiary/aromatic N) is 1. The van der Waals surface area contributed by atoms with Gasteiger partial charge >= 0.3 is 0 Å². The van der Waals surface area contributed by atoms with Crippen molar-refractivity contribution in [2.75, 3.05) is 10.6 Å². The van der Waals surface area contributed by atoms with E-state index in [1.54, 1.807) is 30.3 Å². The van der Waals surface area contributed by atoms with E-state index in [1.165, 1.54) is 0 Å². The second kappa shape index (κ2) is 7.36. The number of carbonyl (C=O) groups is 2. The first-order valence-electron chi connectivity index (χ1n) is 8.62. The van der Waals surface area contributed by atoms with Gasteiger partial charge in [-0.15, -0.1) is 0 Å². The van der Waals surface area contributed by atoms with Crippen LogP contribution >= 0.6 is 15.9 Å². The number of halogens is 1. The maximum Gasteiger partial charge on any atom is 0.273 e. The molecule has 3 N–H and O–H groups in total. The van der Waals surface area contributed by atoms with Crippen LogP contribution in [0.1, 0.15) is 23.3 Å². The van der Waals surface area contributed by atoms with Crippen LogP contribution in [-0.4, -0.2) is 22.0 Å². The molecule has 1 aromatic heterocycles. The molecule has 136 valence electrons. The summed E-state index contributed by atoms with van der Waals surface area (Å²) in [6, 6.07) is 16.5. The van der Waals surface area contributed by atoms with Gasteiger partial charge in [-0.25, -0.2) is 0 Å². The Hall–Kier alpha value is -2.93. The number of benzene rings is 2. The molecule has 7 heteroatoms. The van der Waals surface area contributed by atoms with Gasteiger partial charge in [-0.2, -0.15) is 5.10 Å². The Kier molecular flexibility index (Phi) is 4.77. The van der Waals surface area contributed by atoms with Gasteiger partial charge in [0.25, 0.3) is 5.91 Å². The molecule has 0 atom stereocenters. The van der Waals surface area contributed by atoms with Crippen molar-refractivity contribution in [3.8, 4) is 11.3 Å². The van der Waals surface area contributed by atoms with E-state index in [0.717, 1.165) is 22.9 Å². The predicted octanol–water partition coefficient (Wildman–Crippen LogP) is 4.44. The van der Waals surface area contributed by atoms with Crippen LogP contribution < -0.4 is 10.6 Å². The molecule has 1 aliphatic carbocycles. The number of aromatic amines is 1. The fourth-order valence-electron chi connectivity index (χ4n) is 2.67. The van der Waals surface area contributed by atoms with Gasteiger partial charge in [0, 0.05) is 27.3 Å². The molecule has 1 fully saturated rings. The van der Waals surface area contributed by atoms with E-state index >= 15 is 0 Å². The molecule has 0 spiro atoms. The minimum absolute atomic E-state index is 0.0335. The summed E-state index contributed by atoms with van der Waals surface area (Å²) < 4.78 is 0.980. The van der Waals surface area contributed by atoms with Crippen LogP contribution in [0.4, 0.5) is 11.4 Å². The largest absolute Gasteiger partial charge is 0.326 e. The molecule has 0 saturated heterocycles. The highest BCUT2D eigenvalue weighted by Gasteiger charge is 2.29. The van der Waals surface area contributed by atoms with Crippen molar-refractivity contribution < 1.29 is 9.59 Å². The molecule has 27 heavy (non-hydrogen) atoms. The van der Waals surface area contributed by atoms with Gasteiger partial charge < -0.3 is 10.6 Å². The summed E-state index contributed by atoms with van der Waals surface area (Å²) >= 11 is 3.40. The highest BCUT2D eigenvalue weighted by atomic mass is 79.9. The minimum Gasteiger partial charge on any atom is -0.326 e. The molecule has 4 rings (SSSR count). The van der Waals surface area contributed by atoms with Gasteiger partial charge in [-0.3, -0.25) is 14.7 Å². The van der Waals surface area contributed by atoms with Gasteiger partial charge in [0.15, 0.2) is 0 Å². The molecule has 1 heterocycles. The fourth-order valence-corrected chi connectivity index (χ4v) is 2.93. The summed E-state index contributed by atoms with van der Waals surface area (Å²) in [5.41, 5.74) is 3.25. The summed E-state index contributed by atoms with van der Waals surface area (Å²) in [7, 11) is 0. The Labute approximate surface area is 164 Å². The summed E-state index contributed by atoms with van der Waals surface area (Å²) in [5, 5.41) is 12.7. The topological polar surface area (TPSA) is 86.9 Å². The van der Waals surface area contributed by atoms with Crippen molar-refractivity contribution in [3.63, 3.8) is 0 Å². The van der Waals surface area contributed by atoms with Crippen molar-refractivity contribution in [1.82, 2.24) is 10.2 Å². The van der Waals surface area contributed by atoms with E-state index in [9.17, 15) is 9.59 Å². The lowest BCUT2D eigenvalue weighted by atomic mass is 10.1. The number of aromatic nitrogens is 2. The van der Waals surface area contributed by atoms with Crippen molar-refractivity contribution in [1.29, 1.82) is 0 Å². The van der Waals surface area contributed by atoms with E-state index in [2.05, 4.69) is 36.8 Å². The number of hydrogen-bond acceptors (Lipinski definition) is 3. The summed E-state index contributed by atoms with van der Waals surface area (Å²) in [6.45, 7) is 0. The van der Waals surface area contributed by atoms with Crippen LogP contribution in [-0.2, 0) is 4.79 Å². The average Bonchev–Trinajstić information content (AvgIpc) is 3.40. The molecule has 0 bridgehead atoms. The molecule has 0 unspecified atom stereocenters. The molecular formula is C20H17BrN4O2. The number of carbonyl (C=O) groups excluding carboxylic acids is 2. The van der Waals surface area contributed by atoms with Crippen LogP contribution in [0.15, 0.2) is 59.1 Å². The van der Waals surface area contributed by atoms with E-state index < -0.39 is 0 Å². The SMILES string of the molecule is O=C(Nc1cccc(NC(=O)C2CC2)c1)c1cc(-c2ccc(Br)cc2)n[nH]1. The van der Waals surface area contributed by atoms with Gasteiger partial charge in [0.05, 0.1) is 5.69 Å². The van der Waals surface area contributed by atoms with Crippen molar-refractivity contribution in [2.45, 2.75) is 12.8 Å². The monoisotopic (exact) mass is 424 g/mol. The van der Waals surface area contributed by atoms with Crippen molar-refractivity contribution in [2.24, 2.45) is 5.92 Å². The smallest absolute Gasteiger partial charge is 0.273 e. The van der Waals surface area contributed by atoms with Crippen molar-refractivity contribution >= 4 is 39.1 Å². The Morgan fingerprint density at radius 3 is 2.41 bits per heavy atom. The van der Waals surface area contributed by atoms with Crippen LogP contribution in [0.5, 0.6) is 0 Å². The Morgan fingerprint density at radius 1 is 1.00 bits per heavy atom. The second-order valence-corrected chi connectivity index (χ2v) is 7.39. The number of rotatable bonds is 5. The third kappa shape index (κ3) is 4.25. The highest BCUT2D eigenvalue weighted by molar-refractivity contribution is 9.10. The summed E-state index contributed by atoms with van der Waals surface area (Å²) in [4.78, 5) is 24.4. The Morgan fingerprint density at radius 2 is 1.70 bits per heavy atom. The number of anilines is 2. The first-order chi connectivity index (χ1) is 13.1. The third-order valence-electron chi connectivity index (χ3n) is 4.30. The molecule has 2 aromatic carbocycles. The highest BCUT2D eigenvalue weighted by Crippen LogP contribution is 2.30. The quantitative estimate of drug-likeness (QED) is 0.565. The maximum atomic E-state index is 12.5. The molecule has 6 nitrogen and oxygen atoms in total. The first kappa shape index (κ1) is 17.5. The van der Waals surface area contributed by atoms with Gasteiger partial charge in [0.1, 0.15) is 5.69 Å². The first-order valence-corrected chi connectivity index (χ1v) is 9.41. The predicted molar refractivity (Wildman–Crippen MR) is 107 cm³/mol. The zero-order valence-electron chi connectivity index (χ0n) is 14.3. The molecule has 3 aromatic rings. The average molecular weight is 425 g/mol. The van der Waals surface area contributed by atoms with E-state index in [0.29, 0.717) is 22.8 Å². The minimum atomic E-state index is -0.295. The number of nitrogens with one attached hydrogen (secondary N) is 3. The van der Waals surface area contributed by atoms with Crippen LogP contribution in [0.2, 0.25) is 0 Å². The zero-order chi connectivity index (χ0) is 18.8. The standard InChI is InChI=1S/C20H17BrN4O2/c21-14-8-6-12(7-9-14)17-11-18(25-24-17)20(27)23-16-3-1-2-15(10-16)22-19(26)13-4-5-13/h1-3,6-11,13H,4-5H2,(H,22,26)(H,23,27)(H,24,25). The molecule has 0 aliphatic heterocycles.